The Hall–Kier alpha value is -1.92. The van der Waals surface area contributed by atoms with E-state index in [1.165, 1.54) is 0 Å². The quantitative estimate of drug-likeness (QED) is 0.916. The van der Waals surface area contributed by atoms with Crippen LogP contribution in [0.2, 0.25) is 0 Å². The van der Waals surface area contributed by atoms with Gasteiger partial charge in [-0.1, -0.05) is 34.6 Å². The summed E-state index contributed by atoms with van der Waals surface area (Å²) < 4.78 is 13.8. The van der Waals surface area contributed by atoms with Gasteiger partial charge in [-0.3, -0.25) is 14.6 Å². The van der Waals surface area contributed by atoms with E-state index in [1.54, 1.807) is 13.8 Å². The smallest absolute Gasteiger partial charge is 0.288 e. The number of nitrogens with one attached hydrogen (secondary N) is 1. The maximum Gasteiger partial charge on any atom is 0.288 e. The molecule has 6 nitrogen and oxygen atoms in total. The molecule has 0 bridgehead atoms. The van der Waals surface area contributed by atoms with Gasteiger partial charge >= 0.3 is 0 Å². The van der Waals surface area contributed by atoms with Gasteiger partial charge in [0, 0.05) is 32.6 Å². The van der Waals surface area contributed by atoms with Crippen LogP contribution in [0.3, 0.4) is 0 Å². The number of hydrogen-bond acceptors (Lipinski definition) is 4. The highest BCUT2D eigenvalue weighted by Gasteiger charge is 2.26. The Morgan fingerprint density at radius 1 is 1.25 bits per heavy atom. The predicted octanol–water partition coefficient (Wildman–Crippen LogP) is 2.12. The summed E-state index contributed by atoms with van der Waals surface area (Å²) in [6.07, 6.45) is 0.510. The van der Waals surface area contributed by atoms with Crippen LogP contribution in [-0.2, 0) is 4.79 Å². The molecule has 134 valence electrons. The highest BCUT2D eigenvalue weighted by atomic mass is 19.1. The van der Waals surface area contributed by atoms with Crippen molar-refractivity contribution in [2.45, 2.75) is 47.0 Å². The topological polar surface area (TPSA) is 69.3 Å². The average molecular weight is 338 g/mol. The van der Waals surface area contributed by atoms with E-state index >= 15 is 0 Å². The largest absolute Gasteiger partial charge is 0.339 e. The molecule has 0 aliphatic carbocycles. The Kier molecular flexibility index (Phi) is 5.30. The Bertz CT molecular complexity index is 656. The second-order valence-corrected chi connectivity index (χ2v) is 7.85. The fourth-order valence-corrected chi connectivity index (χ4v) is 2.73. The Morgan fingerprint density at radius 3 is 2.33 bits per heavy atom. The van der Waals surface area contributed by atoms with Crippen LogP contribution in [0.15, 0.2) is 4.79 Å². The van der Waals surface area contributed by atoms with Gasteiger partial charge in [0.15, 0.2) is 0 Å². The van der Waals surface area contributed by atoms with Crippen molar-refractivity contribution >= 4 is 11.9 Å². The molecule has 2 rings (SSSR count). The molecule has 1 aliphatic rings. The van der Waals surface area contributed by atoms with Gasteiger partial charge in [-0.15, -0.1) is 0 Å². The lowest BCUT2D eigenvalue weighted by Crippen LogP contribution is -2.50. The lowest BCUT2D eigenvalue weighted by atomic mass is 9.91. The number of anilines is 1. The number of aromatic nitrogens is 2. The zero-order valence-corrected chi connectivity index (χ0v) is 15.1. The summed E-state index contributed by atoms with van der Waals surface area (Å²) >= 11 is 0. The first-order valence-corrected chi connectivity index (χ1v) is 8.41. The van der Waals surface area contributed by atoms with Gasteiger partial charge in [0.25, 0.3) is 5.56 Å². The number of rotatable bonds is 3. The summed E-state index contributed by atoms with van der Waals surface area (Å²) in [6, 6.07) is 0. The molecule has 0 unspecified atom stereocenters. The minimum atomic E-state index is -0.812. The van der Waals surface area contributed by atoms with Crippen molar-refractivity contribution < 1.29 is 9.18 Å². The van der Waals surface area contributed by atoms with Gasteiger partial charge in [0.2, 0.25) is 17.7 Å². The summed E-state index contributed by atoms with van der Waals surface area (Å²) in [5.74, 6) is -0.452. The van der Waals surface area contributed by atoms with Gasteiger partial charge in [0.05, 0.1) is 5.69 Å². The fourth-order valence-electron chi connectivity index (χ4n) is 2.73. The summed E-state index contributed by atoms with van der Waals surface area (Å²) in [6.45, 7) is 12.0. The molecule has 0 aromatic carbocycles. The van der Waals surface area contributed by atoms with E-state index in [0.717, 1.165) is 0 Å². The standard InChI is InChI=1S/C17H27FN4O2/c1-11(2)14-13(18)15(24)20-16(19-14)22-8-6-21(7-9-22)12(23)10-17(3,4)5/h11H,6-10H2,1-5H3,(H,19,20,24). The number of nitrogens with zero attached hydrogens (tertiary/aromatic N) is 3. The van der Waals surface area contributed by atoms with Crippen molar-refractivity contribution in [1.29, 1.82) is 0 Å². The lowest BCUT2D eigenvalue weighted by Gasteiger charge is -2.36. The number of carbonyl (C=O) groups excluding carboxylic acids is 1. The van der Waals surface area contributed by atoms with Crippen LogP contribution in [0.5, 0.6) is 0 Å². The highest BCUT2D eigenvalue weighted by Crippen LogP contribution is 2.21. The molecular weight excluding hydrogens is 311 g/mol. The van der Waals surface area contributed by atoms with E-state index in [2.05, 4.69) is 9.97 Å². The predicted molar refractivity (Wildman–Crippen MR) is 91.8 cm³/mol. The monoisotopic (exact) mass is 338 g/mol. The molecule has 1 amide bonds. The number of carbonyl (C=O) groups is 1. The molecule has 0 atom stereocenters. The van der Waals surface area contributed by atoms with Crippen molar-refractivity contribution in [3.8, 4) is 0 Å². The Morgan fingerprint density at radius 2 is 1.83 bits per heavy atom. The number of piperazine rings is 1. The molecular formula is C17H27FN4O2. The van der Waals surface area contributed by atoms with Gasteiger partial charge in [0.1, 0.15) is 0 Å². The third-order valence-corrected chi connectivity index (χ3v) is 4.04. The normalized spacial score (nSPS) is 16.0. The van der Waals surface area contributed by atoms with E-state index in [-0.39, 0.29) is 22.9 Å². The summed E-state index contributed by atoms with van der Waals surface area (Å²) in [7, 11) is 0. The number of amides is 1. The second kappa shape index (κ2) is 6.91. The molecule has 1 aromatic heterocycles. The first-order valence-electron chi connectivity index (χ1n) is 8.41. The minimum absolute atomic E-state index is 0.0376. The molecule has 1 aliphatic heterocycles. The van der Waals surface area contributed by atoms with Crippen LogP contribution < -0.4 is 10.5 Å². The number of H-pyrrole nitrogens is 1. The van der Waals surface area contributed by atoms with Crippen molar-refractivity contribution in [2.24, 2.45) is 5.41 Å². The molecule has 1 saturated heterocycles. The van der Waals surface area contributed by atoms with E-state index in [0.29, 0.717) is 38.5 Å². The van der Waals surface area contributed by atoms with Crippen LogP contribution in [0.25, 0.3) is 0 Å². The van der Waals surface area contributed by atoms with Gasteiger partial charge < -0.3 is 9.80 Å². The molecule has 2 heterocycles. The van der Waals surface area contributed by atoms with Gasteiger partial charge in [-0.25, -0.2) is 4.98 Å². The third kappa shape index (κ3) is 4.33. The van der Waals surface area contributed by atoms with E-state index in [9.17, 15) is 14.0 Å². The maximum absolute atomic E-state index is 13.8. The van der Waals surface area contributed by atoms with Crippen molar-refractivity contribution in [3.05, 3.63) is 21.9 Å². The molecule has 0 spiro atoms. The highest BCUT2D eigenvalue weighted by molar-refractivity contribution is 5.77. The molecule has 7 heteroatoms. The number of halogens is 1. The minimum Gasteiger partial charge on any atom is -0.339 e. The van der Waals surface area contributed by atoms with Crippen LogP contribution in [-0.4, -0.2) is 47.0 Å². The van der Waals surface area contributed by atoms with Crippen molar-refractivity contribution in [2.75, 3.05) is 31.1 Å². The van der Waals surface area contributed by atoms with Crippen LogP contribution in [0.1, 0.15) is 52.7 Å². The fraction of sp³-hybridized carbons (Fsp3) is 0.706. The first kappa shape index (κ1) is 18.4. The molecule has 0 radical (unpaired) electrons. The average Bonchev–Trinajstić information content (AvgIpc) is 2.48. The summed E-state index contributed by atoms with van der Waals surface area (Å²) in [5.41, 5.74) is -0.598. The molecule has 1 aromatic rings. The SMILES string of the molecule is CC(C)c1nc(N2CCN(C(=O)CC(C)(C)C)CC2)[nH]c(=O)c1F. The zero-order chi connectivity index (χ0) is 18.1. The Balaban J connectivity index is 2.08. The molecule has 24 heavy (non-hydrogen) atoms. The first-order chi connectivity index (χ1) is 11.1. The van der Waals surface area contributed by atoms with Crippen LogP contribution in [0, 0.1) is 11.2 Å². The maximum atomic E-state index is 13.8. The molecule has 1 fully saturated rings. The van der Waals surface area contributed by atoms with E-state index in [4.69, 9.17) is 0 Å². The number of hydrogen-bond donors (Lipinski definition) is 1. The van der Waals surface area contributed by atoms with Crippen LogP contribution >= 0.6 is 0 Å². The third-order valence-electron chi connectivity index (χ3n) is 4.04. The van der Waals surface area contributed by atoms with Crippen LogP contribution in [0.4, 0.5) is 10.3 Å². The number of aromatic amines is 1. The molecule has 1 N–H and O–H groups in total. The van der Waals surface area contributed by atoms with Crippen molar-refractivity contribution in [1.82, 2.24) is 14.9 Å². The Labute approximate surface area is 142 Å². The van der Waals surface area contributed by atoms with Gasteiger partial charge in [-0.05, 0) is 11.3 Å². The van der Waals surface area contributed by atoms with E-state index < -0.39 is 11.4 Å². The zero-order valence-electron chi connectivity index (χ0n) is 15.1. The summed E-state index contributed by atoms with van der Waals surface area (Å²) in [5, 5.41) is 0. The lowest BCUT2D eigenvalue weighted by molar-refractivity contribution is -0.133. The van der Waals surface area contributed by atoms with Gasteiger partial charge in [-0.2, -0.15) is 4.39 Å². The molecule has 0 saturated carbocycles. The summed E-state index contributed by atoms with van der Waals surface area (Å²) in [4.78, 5) is 34.6. The second-order valence-electron chi connectivity index (χ2n) is 7.85. The van der Waals surface area contributed by atoms with Crippen molar-refractivity contribution in [3.63, 3.8) is 0 Å². The van der Waals surface area contributed by atoms with E-state index in [1.807, 2.05) is 30.6 Å².